The van der Waals surface area contributed by atoms with Gasteiger partial charge >= 0.3 is 0 Å². The average Bonchev–Trinajstić information content (AvgIpc) is 2.73. The zero-order valence-electron chi connectivity index (χ0n) is 11.3. The van der Waals surface area contributed by atoms with Gasteiger partial charge in [-0.15, -0.1) is 0 Å². The SMILES string of the molecule is C[C@@H](C(=O)[O-])N1C(=O)/C(=C/c2ccc(C(=O)[O-])cc2)SC1=S. The number of nitrogens with zero attached hydrogens (tertiary/aromatic N) is 1. The topological polar surface area (TPSA) is 101 Å². The van der Waals surface area contributed by atoms with Gasteiger partial charge in [0.15, 0.2) is 0 Å². The molecule has 6 nitrogen and oxygen atoms in total. The molecule has 0 unspecified atom stereocenters. The Bertz CT molecular complexity index is 696. The number of carboxylic acid groups (broad SMARTS) is 2. The molecule has 1 aromatic rings. The van der Waals surface area contributed by atoms with Gasteiger partial charge in [0.1, 0.15) is 4.32 Å². The molecule has 1 aliphatic rings. The van der Waals surface area contributed by atoms with E-state index in [2.05, 4.69) is 0 Å². The Labute approximate surface area is 135 Å². The first kappa shape index (κ1) is 16.2. The fourth-order valence-electron chi connectivity index (χ4n) is 1.79. The molecule has 1 heterocycles. The molecule has 0 aliphatic carbocycles. The molecule has 22 heavy (non-hydrogen) atoms. The highest BCUT2D eigenvalue weighted by molar-refractivity contribution is 8.26. The quantitative estimate of drug-likeness (QED) is 0.534. The van der Waals surface area contributed by atoms with E-state index in [-0.39, 0.29) is 14.8 Å². The molecule has 0 bridgehead atoms. The van der Waals surface area contributed by atoms with E-state index in [4.69, 9.17) is 12.2 Å². The van der Waals surface area contributed by atoms with Crippen LogP contribution in [0.2, 0.25) is 0 Å². The lowest BCUT2D eigenvalue weighted by molar-refractivity contribution is -0.309. The van der Waals surface area contributed by atoms with E-state index >= 15 is 0 Å². The van der Waals surface area contributed by atoms with Crippen molar-refractivity contribution >= 4 is 52.2 Å². The van der Waals surface area contributed by atoms with Crippen LogP contribution in [0.1, 0.15) is 22.8 Å². The summed E-state index contributed by atoms with van der Waals surface area (Å²) in [5.41, 5.74) is 0.613. The fourth-order valence-corrected chi connectivity index (χ4v) is 3.20. The highest BCUT2D eigenvalue weighted by atomic mass is 32.2. The molecule has 0 aromatic heterocycles. The maximum Gasteiger partial charge on any atom is 0.266 e. The number of thioether (sulfide) groups is 1. The second-order valence-corrected chi connectivity index (χ2v) is 6.13. The van der Waals surface area contributed by atoms with Crippen molar-refractivity contribution in [2.24, 2.45) is 0 Å². The van der Waals surface area contributed by atoms with Gasteiger partial charge in [-0.25, -0.2) is 0 Å². The lowest BCUT2D eigenvalue weighted by Crippen LogP contribution is -2.48. The number of hydrogen-bond acceptors (Lipinski definition) is 7. The Balaban J connectivity index is 2.26. The molecule has 2 rings (SSSR count). The van der Waals surface area contributed by atoms with Gasteiger partial charge in [0, 0.05) is 0 Å². The summed E-state index contributed by atoms with van der Waals surface area (Å²) in [5, 5.41) is 21.6. The van der Waals surface area contributed by atoms with Crippen molar-refractivity contribution in [3.63, 3.8) is 0 Å². The monoisotopic (exact) mass is 335 g/mol. The lowest BCUT2D eigenvalue weighted by atomic mass is 10.1. The summed E-state index contributed by atoms with van der Waals surface area (Å²) in [6.07, 6.45) is 1.51. The van der Waals surface area contributed by atoms with Gasteiger partial charge in [-0.3, -0.25) is 9.69 Å². The minimum Gasteiger partial charge on any atom is -0.548 e. The van der Waals surface area contributed by atoms with Crippen molar-refractivity contribution < 1.29 is 24.6 Å². The molecule has 0 spiro atoms. The number of aromatic carboxylic acids is 1. The predicted molar refractivity (Wildman–Crippen MR) is 80.3 cm³/mol. The number of hydrogen-bond donors (Lipinski definition) is 0. The van der Waals surface area contributed by atoms with Crippen LogP contribution < -0.4 is 10.2 Å². The first-order valence-corrected chi connectivity index (χ1v) is 7.33. The molecule has 1 aliphatic heterocycles. The van der Waals surface area contributed by atoms with Crippen LogP contribution in [0.25, 0.3) is 6.08 Å². The van der Waals surface area contributed by atoms with Gasteiger partial charge in [-0.05, 0) is 24.1 Å². The van der Waals surface area contributed by atoms with Crippen LogP contribution in [0.4, 0.5) is 0 Å². The maximum atomic E-state index is 12.2. The fraction of sp³-hybridized carbons (Fsp3) is 0.143. The average molecular weight is 335 g/mol. The van der Waals surface area contributed by atoms with E-state index in [1.165, 1.54) is 37.3 Å². The molecule has 0 saturated carbocycles. The van der Waals surface area contributed by atoms with E-state index in [1.54, 1.807) is 0 Å². The highest BCUT2D eigenvalue weighted by Crippen LogP contribution is 2.33. The molecule has 1 aromatic carbocycles. The van der Waals surface area contributed by atoms with Gasteiger partial charge in [0.25, 0.3) is 5.91 Å². The Morgan fingerprint density at radius 3 is 2.36 bits per heavy atom. The molecule has 114 valence electrons. The van der Waals surface area contributed by atoms with Crippen LogP contribution in [-0.4, -0.2) is 33.1 Å². The Morgan fingerprint density at radius 1 is 1.27 bits per heavy atom. The molecule has 1 saturated heterocycles. The van der Waals surface area contributed by atoms with Gasteiger partial charge in [0.05, 0.1) is 22.9 Å². The normalized spacial score (nSPS) is 17.9. The Kier molecular flexibility index (Phi) is 4.62. The summed E-state index contributed by atoms with van der Waals surface area (Å²) in [4.78, 5) is 35.0. The summed E-state index contributed by atoms with van der Waals surface area (Å²) in [7, 11) is 0. The molecule has 1 fully saturated rings. The lowest BCUT2D eigenvalue weighted by Gasteiger charge is -2.23. The summed E-state index contributed by atoms with van der Waals surface area (Å²) in [6, 6.07) is 4.58. The third-order valence-electron chi connectivity index (χ3n) is 3.00. The minimum atomic E-state index is -1.39. The van der Waals surface area contributed by atoms with Crippen molar-refractivity contribution in [3.05, 3.63) is 40.3 Å². The van der Waals surface area contributed by atoms with E-state index < -0.39 is 23.9 Å². The van der Waals surface area contributed by atoms with Crippen molar-refractivity contribution in [2.45, 2.75) is 13.0 Å². The van der Waals surface area contributed by atoms with E-state index in [0.29, 0.717) is 5.56 Å². The Hall–Kier alpha value is -2.19. The van der Waals surface area contributed by atoms with Crippen LogP contribution in [-0.2, 0) is 9.59 Å². The zero-order chi connectivity index (χ0) is 16.4. The van der Waals surface area contributed by atoms with Gasteiger partial charge in [-0.2, -0.15) is 0 Å². The number of benzene rings is 1. The van der Waals surface area contributed by atoms with Crippen molar-refractivity contribution in [2.75, 3.05) is 0 Å². The highest BCUT2D eigenvalue weighted by Gasteiger charge is 2.35. The van der Waals surface area contributed by atoms with Crippen LogP contribution in [0.5, 0.6) is 0 Å². The van der Waals surface area contributed by atoms with E-state index in [0.717, 1.165) is 16.7 Å². The van der Waals surface area contributed by atoms with Crippen molar-refractivity contribution in [1.29, 1.82) is 0 Å². The van der Waals surface area contributed by atoms with E-state index in [1.807, 2.05) is 0 Å². The Morgan fingerprint density at radius 2 is 1.86 bits per heavy atom. The van der Waals surface area contributed by atoms with Gasteiger partial charge < -0.3 is 19.8 Å². The smallest absolute Gasteiger partial charge is 0.266 e. The number of amides is 1. The summed E-state index contributed by atoms with van der Waals surface area (Å²) in [6.45, 7) is 1.32. The molecular weight excluding hydrogens is 326 g/mol. The molecule has 0 radical (unpaired) electrons. The summed E-state index contributed by atoms with van der Waals surface area (Å²) < 4.78 is 0.138. The van der Waals surface area contributed by atoms with Crippen molar-refractivity contribution in [3.8, 4) is 0 Å². The summed E-state index contributed by atoms with van der Waals surface area (Å²) >= 11 is 5.99. The second-order valence-electron chi connectivity index (χ2n) is 4.46. The molecule has 0 N–H and O–H groups in total. The molecular formula is C14H9NO5S2-2. The predicted octanol–water partition coefficient (Wildman–Crippen LogP) is -0.610. The van der Waals surface area contributed by atoms with Crippen LogP contribution in [0.15, 0.2) is 29.2 Å². The minimum absolute atomic E-state index is 0.0234. The summed E-state index contributed by atoms with van der Waals surface area (Å²) in [5.74, 6) is -3.20. The maximum absolute atomic E-state index is 12.2. The molecule has 1 amide bonds. The first-order chi connectivity index (χ1) is 10.3. The first-order valence-electron chi connectivity index (χ1n) is 6.10. The third kappa shape index (κ3) is 3.18. The largest absolute Gasteiger partial charge is 0.548 e. The second kappa shape index (κ2) is 6.29. The van der Waals surface area contributed by atoms with Gasteiger partial charge in [0.2, 0.25) is 0 Å². The van der Waals surface area contributed by atoms with Gasteiger partial charge in [-0.1, -0.05) is 48.2 Å². The van der Waals surface area contributed by atoms with Crippen LogP contribution in [0.3, 0.4) is 0 Å². The van der Waals surface area contributed by atoms with Crippen LogP contribution >= 0.6 is 24.0 Å². The number of carbonyl (C=O) groups excluding carboxylic acids is 3. The number of carboxylic acids is 2. The van der Waals surface area contributed by atoms with E-state index in [9.17, 15) is 24.6 Å². The standard InChI is InChI=1S/C14H11NO5S2/c1-7(12(17)18)15-11(16)10(22-14(15)21)6-8-2-4-9(5-3-8)13(19)20/h2-7H,1H3,(H,17,18)(H,19,20)/p-2/b10-6-/t7-/m0/s1. The molecule has 1 atom stereocenters. The number of carbonyl (C=O) groups is 3. The molecule has 8 heteroatoms. The third-order valence-corrected chi connectivity index (χ3v) is 4.33. The number of aliphatic carboxylic acids is 1. The zero-order valence-corrected chi connectivity index (χ0v) is 12.9. The van der Waals surface area contributed by atoms with Crippen molar-refractivity contribution in [1.82, 2.24) is 4.90 Å². The number of rotatable bonds is 4. The number of thiocarbonyl (C=S) groups is 1. The van der Waals surface area contributed by atoms with Crippen LogP contribution in [0, 0.1) is 0 Å².